The van der Waals surface area contributed by atoms with Gasteiger partial charge in [-0.2, -0.15) is 0 Å². The maximum atomic E-state index is 5.10. The Hall–Kier alpha value is -1.80. The molecule has 0 aromatic carbocycles. The molecule has 8 N–H and O–H groups in total. The average molecular weight is 136 g/mol. The third-order valence-corrected chi connectivity index (χ3v) is 0.781. The lowest BCUT2D eigenvalue weighted by atomic mass is 12.1. The van der Waals surface area contributed by atoms with Crippen LogP contribution in [0.3, 0.4) is 0 Å². The van der Waals surface area contributed by atoms with Crippen molar-refractivity contribution in [3.63, 3.8) is 0 Å². The predicted molar refractivity (Wildman–Crippen MR) is 28.9 cm³/mol. The first-order valence-corrected chi connectivity index (χ1v) is 2.00. The molecule has 0 saturated heterocycles. The van der Waals surface area contributed by atoms with Crippen LogP contribution in [-0.2, 0) is 0 Å². The Balaban J connectivity index is 3.29. The van der Waals surface area contributed by atoms with Gasteiger partial charge in [-0.25, -0.2) is 4.63 Å². The van der Waals surface area contributed by atoms with Gasteiger partial charge in [0, 0.05) is 9.93 Å². The third kappa shape index (κ3) is 0.542. The summed E-state index contributed by atoms with van der Waals surface area (Å²) in [6.45, 7) is 0. The fourth-order valence-electron chi connectivity index (χ4n) is 0.341. The van der Waals surface area contributed by atoms with Crippen molar-refractivity contribution in [3.05, 3.63) is 0 Å². The molecule has 0 atom stereocenters. The first-order valence-electron chi connectivity index (χ1n) is 2.00. The highest BCUT2D eigenvalue weighted by Gasteiger charge is 1.97. The van der Waals surface area contributed by atoms with Gasteiger partial charge in [0.1, 0.15) is 0 Å². The van der Waals surface area contributed by atoms with Gasteiger partial charge < -0.3 is 11.7 Å². The molecular formula is H8N8O. The molecule has 0 bridgehead atoms. The molecule has 0 spiro atoms. The Morgan fingerprint density at radius 3 is 1.22 bits per heavy atom. The van der Waals surface area contributed by atoms with E-state index in [0.717, 1.165) is 9.81 Å². The lowest BCUT2D eigenvalue weighted by Crippen LogP contribution is -2.38. The predicted octanol–water partition coefficient (Wildman–Crippen LogP) is -3.53. The topological polar surface area (TPSA) is 137 Å². The number of rotatable bonds is 0. The van der Waals surface area contributed by atoms with Crippen molar-refractivity contribution < 1.29 is 4.63 Å². The number of aromatic nitrogens is 4. The second kappa shape index (κ2) is 1.34. The van der Waals surface area contributed by atoms with E-state index in [1.807, 2.05) is 0 Å². The summed E-state index contributed by atoms with van der Waals surface area (Å²) >= 11 is 0. The van der Waals surface area contributed by atoms with E-state index >= 15 is 0 Å². The van der Waals surface area contributed by atoms with Crippen molar-refractivity contribution in [1.29, 1.82) is 0 Å². The molecule has 1 aromatic heterocycles. The molecule has 0 aliphatic carbocycles. The van der Waals surface area contributed by atoms with Crippen LogP contribution in [0, 0.1) is 0 Å². The van der Waals surface area contributed by atoms with Crippen LogP contribution < -0.4 is 23.4 Å². The molecule has 0 aliphatic heterocycles. The van der Waals surface area contributed by atoms with E-state index in [9.17, 15) is 0 Å². The molecule has 0 saturated carbocycles. The van der Waals surface area contributed by atoms with E-state index in [2.05, 4.69) is 4.63 Å². The molecule has 0 unspecified atom stereocenters. The molecule has 1 heterocycles. The van der Waals surface area contributed by atoms with Gasteiger partial charge in [-0.3, -0.25) is 11.7 Å². The van der Waals surface area contributed by atoms with E-state index in [1.54, 1.807) is 0 Å². The van der Waals surface area contributed by atoms with Crippen molar-refractivity contribution in [2.45, 2.75) is 0 Å². The summed E-state index contributed by atoms with van der Waals surface area (Å²) in [5.41, 5.74) is 0. The van der Waals surface area contributed by atoms with Crippen LogP contribution in [0.4, 0.5) is 0 Å². The van der Waals surface area contributed by atoms with E-state index in [-0.39, 0.29) is 0 Å². The number of nitrogens with zero attached hydrogens (tertiary/aromatic N) is 4. The van der Waals surface area contributed by atoms with Crippen molar-refractivity contribution in [1.82, 2.24) is 19.7 Å². The minimum Gasteiger partial charge on any atom is -0.302 e. The van der Waals surface area contributed by atoms with Crippen LogP contribution in [0.5, 0.6) is 0 Å². The van der Waals surface area contributed by atoms with Crippen LogP contribution >= 0.6 is 0 Å². The fourth-order valence-corrected chi connectivity index (χ4v) is 0.341. The zero-order chi connectivity index (χ0) is 7.02. The molecule has 0 fully saturated rings. The minimum absolute atomic E-state index is 0.653. The Labute approximate surface area is 49.0 Å². The van der Waals surface area contributed by atoms with Gasteiger partial charge in [0.05, 0.1) is 0 Å². The van der Waals surface area contributed by atoms with Gasteiger partial charge in [0.25, 0.3) is 0 Å². The number of hydrogen-bond acceptors (Lipinski definition) is 5. The van der Waals surface area contributed by atoms with Gasteiger partial charge in [-0.1, -0.05) is 0 Å². The van der Waals surface area contributed by atoms with Crippen LogP contribution in [0.25, 0.3) is 0 Å². The maximum absolute atomic E-state index is 5.10. The minimum atomic E-state index is 0.653. The summed E-state index contributed by atoms with van der Waals surface area (Å²) < 4.78 is 4.41. The average Bonchev–Trinajstić information content (AvgIpc) is 1.98. The normalized spacial score (nSPS) is 9.78. The Kier molecular flexibility index (Phi) is 0.793. The van der Waals surface area contributed by atoms with Crippen molar-refractivity contribution in [2.24, 2.45) is 0 Å². The number of nitrogen functional groups attached to an aromatic ring is 4. The summed E-state index contributed by atoms with van der Waals surface area (Å²) in [4.78, 5) is 2.83. The molecule has 0 radical (unpaired) electrons. The second-order valence-electron chi connectivity index (χ2n) is 1.33. The molecule has 54 valence electrons. The van der Waals surface area contributed by atoms with Gasteiger partial charge in [0.15, 0.2) is 0 Å². The van der Waals surface area contributed by atoms with Crippen molar-refractivity contribution in [3.8, 4) is 0 Å². The molecule has 9 heteroatoms. The van der Waals surface area contributed by atoms with E-state index < -0.39 is 0 Å². The first-order chi connectivity index (χ1) is 4.13. The standard InChI is InChI=1S/H8N8O/c1-5-6(2)8(4)9-7(5)3/h1-4H2. The fraction of sp³-hybridized carbons (Fsp3) is 0. The molecule has 1 rings (SSSR count). The summed E-state index contributed by atoms with van der Waals surface area (Å²) in [7, 11) is 0. The van der Waals surface area contributed by atoms with Gasteiger partial charge in [0.2, 0.25) is 0 Å². The molecule has 0 amide bonds. The van der Waals surface area contributed by atoms with E-state index in [0.29, 0.717) is 9.93 Å². The van der Waals surface area contributed by atoms with Crippen LogP contribution in [0.1, 0.15) is 0 Å². The number of hydrogen-bond donors (Lipinski definition) is 4. The largest absolute Gasteiger partial charge is 0.302 e. The molecule has 1 aromatic rings. The van der Waals surface area contributed by atoms with Crippen LogP contribution in [0.15, 0.2) is 4.63 Å². The first kappa shape index (κ1) is 5.34. The third-order valence-electron chi connectivity index (χ3n) is 0.781. The molecule has 0 aliphatic rings. The number of nitrogens with two attached hydrogens (primary N) is 4. The van der Waals surface area contributed by atoms with Gasteiger partial charge in [-0.05, 0) is 9.81 Å². The highest BCUT2D eigenvalue weighted by Crippen LogP contribution is 1.70. The second-order valence-corrected chi connectivity index (χ2v) is 1.33. The quantitative estimate of drug-likeness (QED) is 0.274. The van der Waals surface area contributed by atoms with E-state index in [1.165, 1.54) is 0 Å². The maximum Gasteiger partial charge on any atom is 0.0130 e. The summed E-state index contributed by atoms with van der Waals surface area (Å²) in [5.74, 6) is 20.3. The Morgan fingerprint density at radius 2 is 1.11 bits per heavy atom. The highest BCUT2D eigenvalue weighted by atomic mass is 16.7. The Bertz CT molecular complexity index is 198. The zero-order valence-corrected chi connectivity index (χ0v) is 4.51. The van der Waals surface area contributed by atoms with Crippen molar-refractivity contribution in [2.75, 3.05) is 23.4 Å². The summed E-state index contributed by atoms with van der Waals surface area (Å²) in [6, 6.07) is 0. The zero-order valence-electron chi connectivity index (χ0n) is 4.51. The molecule has 9 heavy (non-hydrogen) atoms. The summed E-state index contributed by atoms with van der Waals surface area (Å²) in [6.07, 6.45) is 0. The highest BCUT2D eigenvalue weighted by molar-refractivity contribution is 4.33. The lowest BCUT2D eigenvalue weighted by Gasteiger charge is -1.95. The Morgan fingerprint density at radius 1 is 0.778 bits per heavy atom. The molecule has 9 nitrogen and oxygen atoms in total. The van der Waals surface area contributed by atoms with Gasteiger partial charge in [-0.15, -0.1) is 0 Å². The van der Waals surface area contributed by atoms with Gasteiger partial charge >= 0.3 is 0 Å². The van der Waals surface area contributed by atoms with Crippen LogP contribution in [0.2, 0.25) is 0 Å². The summed E-state index contributed by atoms with van der Waals surface area (Å²) in [5, 5.41) is 0. The van der Waals surface area contributed by atoms with Crippen LogP contribution in [-0.4, -0.2) is 19.7 Å². The van der Waals surface area contributed by atoms with E-state index in [4.69, 9.17) is 23.4 Å². The molecular weight excluding hydrogens is 128 g/mol. The lowest BCUT2D eigenvalue weighted by molar-refractivity contribution is 0.143. The SMILES string of the molecule is Nn1on(N)n(N)n1N. The van der Waals surface area contributed by atoms with Crippen molar-refractivity contribution >= 4 is 0 Å². The monoisotopic (exact) mass is 136 g/mol. The smallest absolute Gasteiger partial charge is 0.0130 e.